The van der Waals surface area contributed by atoms with E-state index in [0.29, 0.717) is 24.4 Å². The van der Waals surface area contributed by atoms with Gasteiger partial charge in [-0.25, -0.2) is 0 Å². The second-order valence-corrected chi connectivity index (χ2v) is 6.23. The van der Waals surface area contributed by atoms with Crippen molar-refractivity contribution in [2.24, 2.45) is 0 Å². The van der Waals surface area contributed by atoms with Crippen molar-refractivity contribution in [3.8, 4) is 0 Å². The van der Waals surface area contributed by atoms with Crippen LogP contribution in [0.5, 0.6) is 0 Å². The minimum absolute atomic E-state index is 0.458. The van der Waals surface area contributed by atoms with Gasteiger partial charge in [-0.3, -0.25) is 0 Å². The van der Waals surface area contributed by atoms with Crippen LogP contribution in [-0.2, 0) is 0 Å². The second kappa shape index (κ2) is 6.43. The van der Waals surface area contributed by atoms with Crippen molar-refractivity contribution in [3.63, 3.8) is 0 Å². The van der Waals surface area contributed by atoms with Crippen LogP contribution in [0.25, 0.3) is 0 Å². The van der Waals surface area contributed by atoms with Gasteiger partial charge < -0.3 is 20.2 Å². The standard InChI is InChI=1S/C14H26N6O/c1-14(2,21)10-19(4)12-16-11(15-3)17-13(18-12)20-8-6-5-7-9-20/h21H,5-10H2,1-4H3,(H,15,16,17,18). The van der Waals surface area contributed by atoms with Crippen LogP contribution < -0.4 is 15.1 Å². The number of hydrogen-bond donors (Lipinski definition) is 2. The first-order valence-corrected chi connectivity index (χ1v) is 7.51. The maximum atomic E-state index is 9.96. The number of aliphatic hydroxyl groups is 1. The number of likely N-dealkylation sites (N-methyl/N-ethyl adjacent to an activating group) is 1. The lowest BCUT2D eigenvalue weighted by Crippen LogP contribution is -2.38. The fraction of sp³-hybridized carbons (Fsp3) is 0.786. The van der Waals surface area contributed by atoms with Gasteiger partial charge in [0, 0.05) is 33.7 Å². The largest absolute Gasteiger partial charge is 0.389 e. The summed E-state index contributed by atoms with van der Waals surface area (Å²) in [6.45, 7) is 5.98. The second-order valence-electron chi connectivity index (χ2n) is 6.23. The van der Waals surface area contributed by atoms with E-state index in [4.69, 9.17) is 0 Å². The number of hydrogen-bond acceptors (Lipinski definition) is 7. The van der Waals surface area contributed by atoms with Gasteiger partial charge in [-0.05, 0) is 33.1 Å². The summed E-state index contributed by atoms with van der Waals surface area (Å²) in [6.07, 6.45) is 3.62. The van der Waals surface area contributed by atoms with Crippen LogP contribution in [0.3, 0.4) is 0 Å². The maximum Gasteiger partial charge on any atom is 0.231 e. The molecule has 1 saturated heterocycles. The molecule has 7 heteroatoms. The fourth-order valence-electron chi connectivity index (χ4n) is 2.52. The van der Waals surface area contributed by atoms with Crippen LogP contribution in [0, 0.1) is 0 Å². The summed E-state index contributed by atoms with van der Waals surface area (Å²) >= 11 is 0. The Bertz CT molecular complexity index is 467. The van der Waals surface area contributed by atoms with E-state index >= 15 is 0 Å². The van der Waals surface area contributed by atoms with E-state index in [1.54, 1.807) is 20.9 Å². The van der Waals surface area contributed by atoms with Gasteiger partial charge in [0.15, 0.2) is 0 Å². The normalized spacial score (nSPS) is 16.0. The molecule has 1 aliphatic heterocycles. The quantitative estimate of drug-likeness (QED) is 0.842. The number of rotatable bonds is 5. The molecule has 2 heterocycles. The maximum absolute atomic E-state index is 9.96. The summed E-state index contributed by atoms with van der Waals surface area (Å²) in [5.41, 5.74) is -0.799. The molecule has 0 bridgehead atoms. The molecule has 0 aromatic carbocycles. The first-order valence-electron chi connectivity index (χ1n) is 7.51. The first-order chi connectivity index (χ1) is 9.89. The van der Waals surface area contributed by atoms with Crippen LogP contribution in [0.15, 0.2) is 0 Å². The minimum Gasteiger partial charge on any atom is -0.389 e. The van der Waals surface area contributed by atoms with Crippen molar-refractivity contribution >= 4 is 17.8 Å². The van der Waals surface area contributed by atoms with Gasteiger partial charge in [0.25, 0.3) is 0 Å². The average Bonchev–Trinajstić information content (AvgIpc) is 2.46. The topological polar surface area (TPSA) is 77.4 Å². The van der Waals surface area contributed by atoms with E-state index in [1.807, 2.05) is 11.9 Å². The Kier molecular flexibility index (Phi) is 4.82. The predicted octanol–water partition coefficient (Wildman–Crippen LogP) is 1.11. The fourth-order valence-corrected chi connectivity index (χ4v) is 2.52. The van der Waals surface area contributed by atoms with Crippen LogP contribution in [0.4, 0.5) is 17.8 Å². The molecule has 21 heavy (non-hydrogen) atoms. The minimum atomic E-state index is -0.799. The molecule has 0 radical (unpaired) electrons. The Labute approximate surface area is 126 Å². The van der Waals surface area contributed by atoms with Crippen molar-refractivity contribution in [1.82, 2.24) is 15.0 Å². The molecule has 1 aliphatic rings. The summed E-state index contributed by atoms with van der Waals surface area (Å²) in [5, 5.41) is 12.9. The van der Waals surface area contributed by atoms with Gasteiger partial charge in [0.05, 0.1) is 5.60 Å². The van der Waals surface area contributed by atoms with Gasteiger partial charge in [0.1, 0.15) is 0 Å². The van der Waals surface area contributed by atoms with E-state index < -0.39 is 5.60 Å². The van der Waals surface area contributed by atoms with Gasteiger partial charge >= 0.3 is 0 Å². The third-order valence-electron chi connectivity index (χ3n) is 3.44. The highest BCUT2D eigenvalue weighted by Gasteiger charge is 2.21. The van der Waals surface area contributed by atoms with E-state index in [0.717, 1.165) is 13.1 Å². The number of piperidine rings is 1. The van der Waals surface area contributed by atoms with Crippen molar-refractivity contribution in [3.05, 3.63) is 0 Å². The smallest absolute Gasteiger partial charge is 0.231 e. The monoisotopic (exact) mass is 294 g/mol. The number of anilines is 3. The Morgan fingerprint density at radius 3 is 2.43 bits per heavy atom. The Balaban J connectivity index is 2.24. The number of aromatic nitrogens is 3. The molecule has 118 valence electrons. The van der Waals surface area contributed by atoms with E-state index in [1.165, 1.54) is 19.3 Å². The number of nitrogens with zero attached hydrogens (tertiary/aromatic N) is 5. The van der Waals surface area contributed by atoms with Crippen molar-refractivity contribution < 1.29 is 5.11 Å². The lowest BCUT2D eigenvalue weighted by molar-refractivity contribution is 0.0883. The van der Waals surface area contributed by atoms with Crippen LogP contribution in [0.1, 0.15) is 33.1 Å². The Morgan fingerprint density at radius 1 is 1.19 bits per heavy atom. The van der Waals surface area contributed by atoms with Gasteiger partial charge in [-0.2, -0.15) is 15.0 Å². The van der Waals surface area contributed by atoms with Crippen molar-refractivity contribution in [2.75, 3.05) is 48.8 Å². The zero-order valence-electron chi connectivity index (χ0n) is 13.4. The predicted molar refractivity (Wildman–Crippen MR) is 85.0 cm³/mol. The summed E-state index contributed by atoms with van der Waals surface area (Å²) in [7, 11) is 3.68. The molecule has 2 rings (SSSR count). The molecular formula is C14H26N6O. The van der Waals surface area contributed by atoms with E-state index in [-0.39, 0.29) is 0 Å². The lowest BCUT2D eigenvalue weighted by Gasteiger charge is -2.29. The molecular weight excluding hydrogens is 268 g/mol. The number of nitrogens with one attached hydrogen (secondary N) is 1. The molecule has 0 amide bonds. The Hall–Kier alpha value is -1.63. The third-order valence-corrected chi connectivity index (χ3v) is 3.44. The highest BCUT2D eigenvalue weighted by Crippen LogP contribution is 2.20. The van der Waals surface area contributed by atoms with Gasteiger partial charge in [-0.15, -0.1) is 0 Å². The molecule has 0 spiro atoms. The molecule has 0 unspecified atom stereocenters. The van der Waals surface area contributed by atoms with Crippen molar-refractivity contribution in [2.45, 2.75) is 38.7 Å². The van der Waals surface area contributed by atoms with Gasteiger partial charge in [0.2, 0.25) is 17.8 Å². The summed E-state index contributed by atoms with van der Waals surface area (Å²) in [5.74, 6) is 1.85. The van der Waals surface area contributed by atoms with Crippen LogP contribution in [0.2, 0.25) is 0 Å². The highest BCUT2D eigenvalue weighted by atomic mass is 16.3. The SMILES string of the molecule is CNc1nc(N(C)CC(C)(C)O)nc(N2CCCCC2)n1. The Morgan fingerprint density at radius 2 is 1.86 bits per heavy atom. The third kappa shape index (κ3) is 4.42. The molecule has 0 atom stereocenters. The molecule has 1 aromatic heterocycles. The zero-order valence-corrected chi connectivity index (χ0v) is 13.4. The molecule has 7 nitrogen and oxygen atoms in total. The first kappa shape index (κ1) is 15.8. The molecule has 0 aliphatic carbocycles. The zero-order chi connectivity index (χ0) is 15.5. The van der Waals surface area contributed by atoms with E-state index in [9.17, 15) is 5.11 Å². The van der Waals surface area contributed by atoms with Crippen molar-refractivity contribution in [1.29, 1.82) is 0 Å². The summed E-state index contributed by atoms with van der Waals surface area (Å²) in [4.78, 5) is 17.5. The van der Waals surface area contributed by atoms with Gasteiger partial charge in [-0.1, -0.05) is 0 Å². The molecule has 2 N–H and O–H groups in total. The summed E-state index contributed by atoms with van der Waals surface area (Å²) < 4.78 is 0. The molecule has 1 aromatic rings. The van der Waals surface area contributed by atoms with Crippen LogP contribution >= 0.6 is 0 Å². The summed E-state index contributed by atoms with van der Waals surface area (Å²) in [6, 6.07) is 0. The molecule has 1 fully saturated rings. The molecule has 0 saturated carbocycles. The van der Waals surface area contributed by atoms with E-state index in [2.05, 4.69) is 25.2 Å². The van der Waals surface area contributed by atoms with Crippen LogP contribution in [-0.4, -0.2) is 59.4 Å². The average molecular weight is 294 g/mol. The highest BCUT2D eigenvalue weighted by molar-refractivity contribution is 5.45. The lowest BCUT2D eigenvalue weighted by atomic mass is 10.1.